The molecule has 0 aromatic heterocycles. The van der Waals surface area contributed by atoms with Gasteiger partial charge in [0.2, 0.25) is 5.91 Å². The molecule has 27 heavy (non-hydrogen) atoms. The van der Waals surface area contributed by atoms with E-state index in [0.717, 1.165) is 5.56 Å². The van der Waals surface area contributed by atoms with Crippen molar-refractivity contribution >= 4 is 17.4 Å². The molecule has 0 bridgehead atoms. The highest BCUT2D eigenvalue weighted by Crippen LogP contribution is 2.17. The maximum Gasteiger partial charge on any atom is 0.387 e. The van der Waals surface area contributed by atoms with Gasteiger partial charge in [0.05, 0.1) is 6.04 Å². The molecule has 2 aromatic rings. The zero-order valence-electron chi connectivity index (χ0n) is 15.4. The summed E-state index contributed by atoms with van der Waals surface area (Å²) in [6, 6.07) is 12.6. The number of carbonyl (C=O) groups excluding carboxylic acids is 2. The number of Topliss-reactive ketones (excluding diaryl/α,β-unsaturated/α-hetero) is 1. The van der Waals surface area contributed by atoms with Crippen LogP contribution in [0.3, 0.4) is 0 Å². The lowest BCUT2D eigenvalue weighted by Gasteiger charge is -2.24. The summed E-state index contributed by atoms with van der Waals surface area (Å²) in [5.74, 6) is -0.132. The van der Waals surface area contributed by atoms with Crippen LogP contribution in [0.4, 0.5) is 14.5 Å². The molecule has 0 saturated heterocycles. The Morgan fingerprint density at radius 3 is 2.19 bits per heavy atom. The Kier molecular flexibility index (Phi) is 7.01. The predicted molar refractivity (Wildman–Crippen MR) is 99.1 cm³/mol. The van der Waals surface area contributed by atoms with Gasteiger partial charge in [-0.15, -0.1) is 0 Å². The fourth-order valence-electron chi connectivity index (χ4n) is 2.44. The molecule has 7 heteroatoms. The van der Waals surface area contributed by atoms with E-state index in [-0.39, 0.29) is 17.4 Å². The second kappa shape index (κ2) is 9.23. The number of alkyl halides is 2. The minimum absolute atomic E-state index is 0.0362. The third-order valence-electron chi connectivity index (χ3n) is 4.18. The lowest BCUT2D eigenvalue weighted by atomic mass is 10.1. The van der Waals surface area contributed by atoms with Crippen molar-refractivity contribution in [2.24, 2.45) is 0 Å². The number of likely N-dealkylation sites (N-methyl/N-ethyl adjacent to an activating group) is 1. The van der Waals surface area contributed by atoms with Crippen LogP contribution in [0.15, 0.2) is 48.5 Å². The quantitative estimate of drug-likeness (QED) is 0.709. The topological polar surface area (TPSA) is 58.6 Å². The van der Waals surface area contributed by atoms with Gasteiger partial charge in [-0.05, 0) is 62.9 Å². The molecule has 144 valence electrons. The van der Waals surface area contributed by atoms with Crippen LogP contribution < -0.4 is 10.1 Å². The summed E-state index contributed by atoms with van der Waals surface area (Å²) in [5, 5.41) is 2.81. The van der Waals surface area contributed by atoms with Gasteiger partial charge in [-0.25, -0.2) is 0 Å². The second-order valence-electron chi connectivity index (χ2n) is 6.24. The largest absolute Gasteiger partial charge is 0.435 e. The van der Waals surface area contributed by atoms with E-state index in [1.807, 2.05) is 4.90 Å². The van der Waals surface area contributed by atoms with Gasteiger partial charge in [-0.1, -0.05) is 12.1 Å². The summed E-state index contributed by atoms with van der Waals surface area (Å²) in [7, 11) is 1.80. The van der Waals surface area contributed by atoms with Gasteiger partial charge < -0.3 is 10.1 Å². The van der Waals surface area contributed by atoms with Crippen molar-refractivity contribution in [2.75, 3.05) is 12.4 Å². The lowest BCUT2D eigenvalue weighted by molar-refractivity contribution is -0.120. The molecule has 1 amide bonds. The van der Waals surface area contributed by atoms with Crippen LogP contribution in [0, 0.1) is 0 Å². The van der Waals surface area contributed by atoms with Crippen LogP contribution >= 0.6 is 0 Å². The zero-order valence-corrected chi connectivity index (χ0v) is 15.4. The number of carbonyl (C=O) groups is 2. The second-order valence-corrected chi connectivity index (χ2v) is 6.24. The minimum Gasteiger partial charge on any atom is -0.435 e. The Bertz CT molecular complexity index is 777. The molecule has 0 radical (unpaired) electrons. The monoisotopic (exact) mass is 376 g/mol. The SMILES string of the molecule is CC(=O)c1ccc(NC(=O)[C@H](C)N(C)Cc2ccc(OC(F)F)cc2)cc1. The summed E-state index contributed by atoms with van der Waals surface area (Å²) in [6.07, 6.45) is 0. The number of nitrogens with one attached hydrogen (secondary N) is 1. The van der Waals surface area contributed by atoms with Gasteiger partial charge in [0.15, 0.2) is 5.78 Å². The molecule has 5 nitrogen and oxygen atoms in total. The smallest absolute Gasteiger partial charge is 0.387 e. The van der Waals surface area contributed by atoms with Crippen LogP contribution in [-0.4, -0.2) is 36.3 Å². The van der Waals surface area contributed by atoms with Crippen molar-refractivity contribution in [3.8, 4) is 5.75 Å². The van der Waals surface area contributed by atoms with E-state index in [2.05, 4.69) is 10.1 Å². The summed E-state index contributed by atoms with van der Waals surface area (Å²) in [4.78, 5) is 25.5. The number of anilines is 1. The maximum absolute atomic E-state index is 12.4. The molecule has 1 atom stereocenters. The van der Waals surface area contributed by atoms with Crippen molar-refractivity contribution in [3.63, 3.8) is 0 Å². The third kappa shape index (κ3) is 6.14. The molecular weight excluding hydrogens is 354 g/mol. The van der Waals surface area contributed by atoms with Crippen LogP contribution in [0.1, 0.15) is 29.8 Å². The molecule has 0 aliphatic carbocycles. The average Bonchev–Trinajstić information content (AvgIpc) is 2.62. The molecule has 0 heterocycles. The van der Waals surface area contributed by atoms with Crippen LogP contribution in [-0.2, 0) is 11.3 Å². The number of ketones is 1. The highest BCUT2D eigenvalue weighted by Gasteiger charge is 2.18. The summed E-state index contributed by atoms with van der Waals surface area (Å²) in [5.41, 5.74) is 2.06. The number of halogens is 2. The van der Waals surface area contributed by atoms with E-state index >= 15 is 0 Å². The number of nitrogens with zero attached hydrogens (tertiary/aromatic N) is 1. The lowest BCUT2D eigenvalue weighted by Crippen LogP contribution is -2.39. The Morgan fingerprint density at radius 2 is 1.67 bits per heavy atom. The number of ether oxygens (including phenoxy) is 1. The van der Waals surface area contributed by atoms with Crippen molar-refractivity contribution < 1.29 is 23.1 Å². The highest BCUT2D eigenvalue weighted by atomic mass is 19.3. The molecular formula is C20H22F2N2O3. The Balaban J connectivity index is 1.92. The van der Waals surface area contributed by atoms with Crippen LogP contribution in [0.2, 0.25) is 0 Å². The number of benzene rings is 2. The number of rotatable bonds is 8. The highest BCUT2D eigenvalue weighted by molar-refractivity contribution is 5.96. The molecule has 0 aliphatic heterocycles. The predicted octanol–water partition coefficient (Wildman–Crippen LogP) is 3.95. The van der Waals surface area contributed by atoms with Gasteiger partial charge in [0.25, 0.3) is 0 Å². The van der Waals surface area contributed by atoms with E-state index in [0.29, 0.717) is 17.8 Å². The molecule has 0 unspecified atom stereocenters. The molecule has 0 fully saturated rings. The Morgan fingerprint density at radius 1 is 1.07 bits per heavy atom. The maximum atomic E-state index is 12.4. The van der Waals surface area contributed by atoms with Crippen LogP contribution in [0.25, 0.3) is 0 Å². The first kappa shape index (κ1) is 20.5. The minimum atomic E-state index is -2.85. The molecule has 2 aromatic carbocycles. The summed E-state index contributed by atoms with van der Waals surface area (Å²) >= 11 is 0. The van der Waals surface area contributed by atoms with Gasteiger partial charge >= 0.3 is 6.61 Å². The zero-order chi connectivity index (χ0) is 20.0. The molecule has 0 aliphatic rings. The first-order chi connectivity index (χ1) is 12.8. The van der Waals surface area contributed by atoms with Crippen LogP contribution in [0.5, 0.6) is 5.75 Å². The summed E-state index contributed by atoms with van der Waals surface area (Å²) < 4.78 is 28.7. The van der Waals surface area contributed by atoms with E-state index in [1.165, 1.54) is 19.1 Å². The molecule has 0 spiro atoms. The standard InChI is InChI=1S/C20H22F2N2O3/c1-13(19(26)23-17-8-6-16(7-9-17)14(2)25)24(3)12-15-4-10-18(11-5-15)27-20(21)22/h4-11,13,20H,12H2,1-3H3,(H,23,26)/t13-/m0/s1. The fourth-order valence-corrected chi connectivity index (χ4v) is 2.44. The van der Waals surface area contributed by atoms with Gasteiger partial charge in [-0.3, -0.25) is 14.5 Å². The Labute approximate surface area is 156 Å². The van der Waals surface area contributed by atoms with E-state index in [4.69, 9.17) is 0 Å². The first-order valence-corrected chi connectivity index (χ1v) is 8.42. The van der Waals surface area contributed by atoms with Crippen molar-refractivity contribution in [2.45, 2.75) is 33.0 Å². The number of hydrogen-bond donors (Lipinski definition) is 1. The van der Waals surface area contributed by atoms with E-state index in [9.17, 15) is 18.4 Å². The first-order valence-electron chi connectivity index (χ1n) is 8.42. The third-order valence-corrected chi connectivity index (χ3v) is 4.18. The molecule has 1 N–H and O–H groups in total. The Hall–Kier alpha value is -2.80. The van der Waals surface area contributed by atoms with Crippen molar-refractivity contribution in [1.29, 1.82) is 0 Å². The van der Waals surface area contributed by atoms with Gasteiger partial charge in [0.1, 0.15) is 5.75 Å². The average molecular weight is 376 g/mol. The molecule has 0 saturated carbocycles. The number of amides is 1. The summed E-state index contributed by atoms with van der Waals surface area (Å²) in [6.45, 7) is 0.865. The van der Waals surface area contributed by atoms with Crippen molar-refractivity contribution in [3.05, 3.63) is 59.7 Å². The molecule has 2 rings (SSSR count). The van der Waals surface area contributed by atoms with E-state index in [1.54, 1.807) is 50.4 Å². The van der Waals surface area contributed by atoms with Gasteiger partial charge in [-0.2, -0.15) is 8.78 Å². The van der Waals surface area contributed by atoms with Crippen molar-refractivity contribution in [1.82, 2.24) is 4.90 Å². The van der Waals surface area contributed by atoms with Gasteiger partial charge in [0, 0.05) is 17.8 Å². The normalized spacial score (nSPS) is 12.1. The number of hydrogen-bond acceptors (Lipinski definition) is 4. The van der Waals surface area contributed by atoms with E-state index < -0.39 is 12.7 Å². The fraction of sp³-hybridized carbons (Fsp3) is 0.300.